The largest absolute Gasteiger partial charge is 0.356 e. The average Bonchev–Trinajstić information content (AvgIpc) is 2.60. The van der Waals surface area contributed by atoms with Crippen molar-refractivity contribution < 1.29 is 8.42 Å². The summed E-state index contributed by atoms with van der Waals surface area (Å²) in [5.74, 6) is 0. The molecule has 6 heteroatoms. The maximum atomic E-state index is 11.5. The van der Waals surface area contributed by atoms with E-state index in [1.807, 2.05) is 19.1 Å². The lowest BCUT2D eigenvalue weighted by Crippen LogP contribution is -2.30. The summed E-state index contributed by atoms with van der Waals surface area (Å²) in [6.07, 6.45) is 4.69. The smallest absolute Gasteiger partial charge is 0.175 e. The van der Waals surface area contributed by atoms with Crippen LogP contribution in [0, 0.1) is 0 Å². The number of aryl methyl sites for hydroxylation is 1. The first-order chi connectivity index (χ1) is 12.3. The summed E-state index contributed by atoms with van der Waals surface area (Å²) in [5, 5.41) is 6.94. The fourth-order valence-corrected chi connectivity index (χ4v) is 3.51. The Bertz CT molecular complexity index is 829. The maximum absolute atomic E-state index is 11.5. The van der Waals surface area contributed by atoms with E-state index in [1.54, 1.807) is 24.3 Å². The monoisotopic (exact) mass is 390 g/mol. The fraction of sp³-hybridized carbons (Fsp3) is 0.350. The molecule has 0 unspecified atom stereocenters. The van der Waals surface area contributed by atoms with Crippen LogP contribution < -0.4 is 10.6 Å². The van der Waals surface area contributed by atoms with Crippen molar-refractivity contribution in [3.63, 3.8) is 0 Å². The molecule has 4 nitrogen and oxygen atoms in total. The molecule has 0 bridgehead atoms. The summed E-state index contributed by atoms with van der Waals surface area (Å²) in [7, 11) is -3.18. The zero-order chi connectivity index (χ0) is 19.2. The van der Waals surface area contributed by atoms with Crippen molar-refractivity contribution >= 4 is 32.9 Å². The molecular formula is C20H26N2O2S2. The third-order valence-electron chi connectivity index (χ3n) is 4.19. The highest BCUT2D eigenvalue weighted by Crippen LogP contribution is 2.17. The Labute approximate surface area is 161 Å². The molecule has 0 aliphatic heterocycles. The van der Waals surface area contributed by atoms with Gasteiger partial charge in [0.2, 0.25) is 0 Å². The molecule has 0 amide bonds. The van der Waals surface area contributed by atoms with Crippen LogP contribution in [-0.2, 0) is 16.3 Å². The van der Waals surface area contributed by atoms with Crippen molar-refractivity contribution in [2.45, 2.75) is 44.0 Å². The van der Waals surface area contributed by atoms with E-state index in [0.717, 1.165) is 17.7 Å². The van der Waals surface area contributed by atoms with Crippen LogP contribution in [0.15, 0.2) is 53.4 Å². The Kier molecular flexibility index (Phi) is 7.17. The van der Waals surface area contributed by atoms with Crippen molar-refractivity contribution in [3.8, 4) is 0 Å². The molecule has 0 radical (unpaired) electrons. The zero-order valence-electron chi connectivity index (χ0n) is 15.5. The molecule has 0 heterocycles. The summed E-state index contributed by atoms with van der Waals surface area (Å²) < 4.78 is 23.1. The first-order valence-electron chi connectivity index (χ1n) is 8.76. The van der Waals surface area contributed by atoms with Gasteiger partial charge in [0.05, 0.1) is 10.9 Å². The number of hydrogen-bond acceptors (Lipinski definition) is 3. The molecule has 0 saturated heterocycles. The van der Waals surface area contributed by atoms with Gasteiger partial charge in [-0.15, -0.1) is 0 Å². The second kappa shape index (κ2) is 9.14. The van der Waals surface area contributed by atoms with Crippen molar-refractivity contribution in [2.24, 2.45) is 0 Å². The van der Waals surface area contributed by atoms with Crippen LogP contribution in [-0.4, -0.2) is 19.8 Å². The SMILES string of the molecule is CCCCc1ccc(NC(=S)N[C@@H](C)c2ccc(S(C)(=O)=O)cc2)cc1. The predicted molar refractivity (Wildman–Crippen MR) is 112 cm³/mol. The molecule has 0 aliphatic rings. The van der Waals surface area contributed by atoms with E-state index in [9.17, 15) is 8.42 Å². The first-order valence-corrected chi connectivity index (χ1v) is 11.1. The average molecular weight is 391 g/mol. The van der Waals surface area contributed by atoms with Gasteiger partial charge < -0.3 is 10.6 Å². The van der Waals surface area contributed by atoms with E-state index in [0.29, 0.717) is 10.0 Å². The second-order valence-corrected chi connectivity index (χ2v) is 8.89. The van der Waals surface area contributed by atoms with Gasteiger partial charge in [-0.1, -0.05) is 37.6 Å². The fourth-order valence-electron chi connectivity index (χ4n) is 2.59. The van der Waals surface area contributed by atoms with Gasteiger partial charge in [-0.25, -0.2) is 8.42 Å². The van der Waals surface area contributed by atoms with E-state index in [-0.39, 0.29) is 6.04 Å². The van der Waals surface area contributed by atoms with E-state index in [2.05, 4.69) is 29.7 Å². The van der Waals surface area contributed by atoms with Crippen molar-refractivity contribution in [3.05, 3.63) is 59.7 Å². The van der Waals surface area contributed by atoms with E-state index >= 15 is 0 Å². The van der Waals surface area contributed by atoms with Gasteiger partial charge in [0.25, 0.3) is 0 Å². The summed E-state index contributed by atoms with van der Waals surface area (Å²) in [6, 6.07) is 15.1. The lowest BCUT2D eigenvalue weighted by Gasteiger charge is -2.18. The first kappa shape index (κ1) is 20.4. The Morgan fingerprint density at radius 1 is 1.08 bits per heavy atom. The molecule has 2 aromatic rings. The molecule has 0 spiro atoms. The van der Waals surface area contributed by atoms with E-state index < -0.39 is 9.84 Å². The highest BCUT2D eigenvalue weighted by molar-refractivity contribution is 7.90. The molecule has 0 aliphatic carbocycles. The lowest BCUT2D eigenvalue weighted by molar-refractivity contribution is 0.601. The number of benzene rings is 2. The summed E-state index contributed by atoms with van der Waals surface area (Å²) in [6.45, 7) is 4.17. The minimum absolute atomic E-state index is 0.0348. The van der Waals surface area contributed by atoms with Crippen LogP contribution in [0.25, 0.3) is 0 Å². The van der Waals surface area contributed by atoms with Crippen LogP contribution in [0.2, 0.25) is 0 Å². The van der Waals surface area contributed by atoms with Gasteiger partial charge >= 0.3 is 0 Å². The van der Waals surface area contributed by atoms with Gasteiger partial charge in [-0.3, -0.25) is 0 Å². The Morgan fingerprint density at radius 3 is 2.23 bits per heavy atom. The topological polar surface area (TPSA) is 58.2 Å². The summed E-state index contributed by atoms with van der Waals surface area (Å²) in [5.41, 5.74) is 3.24. The quantitative estimate of drug-likeness (QED) is 0.683. The number of hydrogen-bond donors (Lipinski definition) is 2. The van der Waals surface area contributed by atoms with Gasteiger partial charge in [-0.2, -0.15) is 0 Å². The molecule has 0 aromatic heterocycles. The van der Waals surface area contributed by atoms with Gasteiger partial charge in [-0.05, 0) is 67.4 Å². The Balaban J connectivity index is 1.92. The van der Waals surface area contributed by atoms with Gasteiger partial charge in [0, 0.05) is 11.9 Å². The van der Waals surface area contributed by atoms with Crippen molar-refractivity contribution in [1.82, 2.24) is 5.32 Å². The van der Waals surface area contributed by atoms with Crippen LogP contribution >= 0.6 is 12.2 Å². The second-order valence-electron chi connectivity index (χ2n) is 6.46. The van der Waals surface area contributed by atoms with Crippen LogP contribution in [0.5, 0.6) is 0 Å². The summed E-state index contributed by atoms with van der Waals surface area (Å²) in [4.78, 5) is 0.317. The molecule has 2 N–H and O–H groups in total. The number of nitrogens with one attached hydrogen (secondary N) is 2. The molecule has 1 atom stereocenters. The summed E-state index contributed by atoms with van der Waals surface area (Å²) >= 11 is 5.38. The minimum atomic E-state index is -3.18. The van der Waals surface area contributed by atoms with Gasteiger partial charge in [0.1, 0.15) is 0 Å². The van der Waals surface area contributed by atoms with Crippen LogP contribution in [0.4, 0.5) is 5.69 Å². The molecule has 0 fully saturated rings. The van der Waals surface area contributed by atoms with E-state index in [1.165, 1.54) is 24.7 Å². The number of rotatable bonds is 7. The number of sulfone groups is 1. The predicted octanol–water partition coefficient (Wildman–Crippen LogP) is 4.48. The standard InChI is InChI=1S/C20H26N2O2S2/c1-4-5-6-16-7-11-18(12-8-16)22-20(25)21-15(2)17-9-13-19(14-10-17)26(3,23)24/h7-15H,4-6H2,1-3H3,(H2,21,22,25)/t15-/m0/s1. The highest BCUT2D eigenvalue weighted by Gasteiger charge is 2.10. The van der Waals surface area contributed by atoms with Gasteiger partial charge in [0.15, 0.2) is 14.9 Å². The van der Waals surface area contributed by atoms with Crippen LogP contribution in [0.3, 0.4) is 0 Å². The number of thiocarbonyl (C=S) groups is 1. The van der Waals surface area contributed by atoms with E-state index in [4.69, 9.17) is 12.2 Å². The molecule has 26 heavy (non-hydrogen) atoms. The molecule has 140 valence electrons. The van der Waals surface area contributed by atoms with Crippen molar-refractivity contribution in [2.75, 3.05) is 11.6 Å². The Hall–Kier alpha value is -1.92. The maximum Gasteiger partial charge on any atom is 0.175 e. The van der Waals surface area contributed by atoms with Crippen LogP contribution in [0.1, 0.15) is 43.9 Å². The lowest BCUT2D eigenvalue weighted by atomic mass is 10.1. The molecular weight excluding hydrogens is 364 g/mol. The number of anilines is 1. The Morgan fingerprint density at radius 2 is 1.69 bits per heavy atom. The third kappa shape index (κ3) is 6.11. The minimum Gasteiger partial charge on any atom is -0.356 e. The third-order valence-corrected chi connectivity index (χ3v) is 5.54. The zero-order valence-corrected chi connectivity index (χ0v) is 17.1. The molecule has 2 rings (SSSR count). The normalized spacial score (nSPS) is 12.4. The van der Waals surface area contributed by atoms with Crippen molar-refractivity contribution in [1.29, 1.82) is 0 Å². The molecule has 2 aromatic carbocycles. The molecule has 0 saturated carbocycles. The highest BCUT2D eigenvalue weighted by atomic mass is 32.2. The number of unbranched alkanes of at least 4 members (excludes halogenated alkanes) is 1.